The highest BCUT2D eigenvalue weighted by molar-refractivity contribution is 9.10. The first-order valence-corrected chi connectivity index (χ1v) is 5.93. The van der Waals surface area contributed by atoms with Crippen molar-refractivity contribution < 1.29 is 9.47 Å². The lowest BCUT2D eigenvalue weighted by Gasteiger charge is -2.41. The quantitative estimate of drug-likeness (QED) is 0.908. The minimum Gasteiger partial charge on any atom is -0.481 e. The van der Waals surface area contributed by atoms with Crippen LogP contribution in [0.25, 0.3) is 0 Å². The highest BCUT2D eigenvalue weighted by atomic mass is 79.9. The van der Waals surface area contributed by atoms with Gasteiger partial charge in [0, 0.05) is 42.9 Å². The van der Waals surface area contributed by atoms with E-state index < -0.39 is 0 Å². The number of nitrogens with zero attached hydrogens (tertiary/aromatic N) is 1. The highest BCUT2D eigenvalue weighted by Crippen LogP contribution is 2.28. The van der Waals surface area contributed by atoms with Crippen LogP contribution in [0.1, 0.15) is 5.56 Å². The molecule has 1 aliphatic rings. The predicted molar refractivity (Wildman–Crippen MR) is 64.8 cm³/mol. The number of pyridine rings is 1. The lowest BCUT2D eigenvalue weighted by atomic mass is 9.89. The molecule has 16 heavy (non-hydrogen) atoms. The molecule has 1 saturated heterocycles. The van der Waals surface area contributed by atoms with E-state index >= 15 is 0 Å². The van der Waals surface area contributed by atoms with Crippen LogP contribution < -0.4 is 10.1 Å². The van der Waals surface area contributed by atoms with Crippen LogP contribution in [-0.4, -0.2) is 37.9 Å². The molecule has 1 fully saturated rings. The first-order chi connectivity index (χ1) is 7.69. The molecule has 1 aliphatic heterocycles. The second-order valence-corrected chi connectivity index (χ2v) is 4.91. The van der Waals surface area contributed by atoms with E-state index in [2.05, 4.69) is 26.2 Å². The maximum Gasteiger partial charge on any atom is 0.216 e. The molecule has 1 aromatic heterocycles. The topological polar surface area (TPSA) is 43.4 Å². The van der Waals surface area contributed by atoms with Crippen molar-refractivity contribution >= 4 is 15.9 Å². The summed E-state index contributed by atoms with van der Waals surface area (Å²) in [5.74, 6) is 0.673. The Hall–Kier alpha value is -0.650. The van der Waals surface area contributed by atoms with Crippen molar-refractivity contribution in [1.82, 2.24) is 10.3 Å². The molecule has 88 valence electrons. The highest BCUT2D eigenvalue weighted by Gasteiger charge is 2.37. The van der Waals surface area contributed by atoms with Gasteiger partial charge in [0.2, 0.25) is 5.88 Å². The molecule has 0 atom stereocenters. The van der Waals surface area contributed by atoms with E-state index in [1.54, 1.807) is 20.4 Å². The lowest BCUT2D eigenvalue weighted by Crippen LogP contribution is -2.61. The van der Waals surface area contributed by atoms with Crippen LogP contribution in [-0.2, 0) is 11.2 Å². The molecule has 1 aromatic rings. The van der Waals surface area contributed by atoms with Crippen LogP contribution in [0.3, 0.4) is 0 Å². The Morgan fingerprint density at radius 3 is 2.75 bits per heavy atom. The summed E-state index contributed by atoms with van der Waals surface area (Å²) >= 11 is 3.42. The zero-order chi connectivity index (χ0) is 11.6. The van der Waals surface area contributed by atoms with Crippen LogP contribution in [0, 0.1) is 0 Å². The predicted octanol–water partition coefficient (Wildman–Crippen LogP) is 1.38. The van der Waals surface area contributed by atoms with Crippen molar-refractivity contribution in [2.45, 2.75) is 12.0 Å². The third-order valence-corrected chi connectivity index (χ3v) is 3.36. The van der Waals surface area contributed by atoms with Crippen molar-refractivity contribution in [3.8, 4) is 5.88 Å². The standard InChI is InChI=1S/C11H15BrN2O2/c1-15-10-8(3-9(12)5-14-10)4-11(16-2)6-13-7-11/h3,5,13H,4,6-7H2,1-2H3. The van der Waals surface area contributed by atoms with Gasteiger partial charge in [0.25, 0.3) is 0 Å². The molecule has 2 rings (SSSR count). The van der Waals surface area contributed by atoms with Crippen molar-refractivity contribution in [2.75, 3.05) is 27.3 Å². The van der Waals surface area contributed by atoms with E-state index in [9.17, 15) is 0 Å². The number of hydrogen-bond acceptors (Lipinski definition) is 4. The number of rotatable bonds is 4. The second-order valence-electron chi connectivity index (χ2n) is 3.99. The van der Waals surface area contributed by atoms with Gasteiger partial charge in [-0.3, -0.25) is 0 Å². The van der Waals surface area contributed by atoms with Crippen LogP contribution in [0.5, 0.6) is 5.88 Å². The molecule has 4 nitrogen and oxygen atoms in total. The lowest BCUT2D eigenvalue weighted by molar-refractivity contribution is -0.0506. The summed E-state index contributed by atoms with van der Waals surface area (Å²) in [5.41, 5.74) is 0.968. The Morgan fingerprint density at radius 1 is 1.50 bits per heavy atom. The fourth-order valence-electron chi connectivity index (χ4n) is 1.87. The Morgan fingerprint density at radius 2 is 2.25 bits per heavy atom. The van der Waals surface area contributed by atoms with Gasteiger partial charge in [0.15, 0.2) is 0 Å². The summed E-state index contributed by atoms with van der Waals surface area (Å²) in [5, 5.41) is 3.23. The molecule has 0 aliphatic carbocycles. The first kappa shape index (κ1) is 11.8. The summed E-state index contributed by atoms with van der Waals surface area (Å²) < 4.78 is 11.8. The van der Waals surface area contributed by atoms with Gasteiger partial charge in [-0.25, -0.2) is 4.98 Å². The second kappa shape index (κ2) is 4.69. The summed E-state index contributed by atoms with van der Waals surface area (Å²) in [4.78, 5) is 4.23. The minimum atomic E-state index is -0.101. The number of halogens is 1. The molecule has 0 amide bonds. The van der Waals surface area contributed by atoms with E-state index in [0.29, 0.717) is 5.88 Å². The Balaban J connectivity index is 2.22. The number of nitrogens with one attached hydrogen (secondary N) is 1. The maximum atomic E-state index is 5.56. The van der Waals surface area contributed by atoms with E-state index in [1.807, 2.05) is 6.07 Å². The van der Waals surface area contributed by atoms with Crippen molar-refractivity contribution in [3.63, 3.8) is 0 Å². The molecule has 1 N–H and O–H groups in total. The first-order valence-electron chi connectivity index (χ1n) is 5.13. The third kappa shape index (κ3) is 2.21. The molecule has 0 radical (unpaired) electrons. The van der Waals surface area contributed by atoms with E-state index in [1.165, 1.54) is 0 Å². The molecule has 0 unspecified atom stereocenters. The van der Waals surface area contributed by atoms with Crippen LogP contribution in [0.15, 0.2) is 16.7 Å². The van der Waals surface area contributed by atoms with Gasteiger partial charge in [-0.05, 0) is 22.0 Å². The van der Waals surface area contributed by atoms with Gasteiger partial charge in [-0.15, -0.1) is 0 Å². The van der Waals surface area contributed by atoms with Crippen molar-refractivity contribution in [1.29, 1.82) is 0 Å². The van der Waals surface area contributed by atoms with Crippen LogP contribution in [0.2, 0.25) is 0 Å². The van der Waals surface area contributed by atoms with Gasteiger partial charge >= 0.3 is 0 Å². The number of ether oxygens (including phenoxy) is 2. The maximum absolute atomic E-state index is 5.56. The zero-order valence-corrected chi connectivity index (χ0v) is 11.0. The molecule has 0 bridgehead atoms. The smallest absolute Gasteiger partial charge is 0.216 e. The van der Waals surface area contributed by atoms with Gasteiger partial charge in [0.1, 0.15) is 0 Å². The fourth-order valence-corrected chi connectivity index (χ4v) is 2.25. The largest absolute Gasteiger partial charge is 0.481 e. The van der Waals surface area contributed by atoms with E-state index in [0.717, 1.165) is 29.5 Å². The van der Waals surface area contributed by atoms with Gasteiger partial charge < -0.3 is 14.8 Å². The minimum absolute atomic E-state index is 0.101. The van der Waals surface area contributed by atoms with Crippen molar-refractivity contribution in [3.05, 3.63) is 22.3 Å². The SMILES string of the molecule is COc1ncc(Br)cc1CC1(OC)CNC1. The van der Waals surface area contributed by atoms with Gasteiger partial charge in [0.05, 0.1) is 12.7 Å². The number of hydrogen-bond donors (Lipinski definition) is 1. The third-order valence-electron chi connectivity index (χ3n) is 2.93. The monoisotopic (exact) mass is 286 g/mol. The Bertz CT molecular complexity index is 375. The molecular weight excluding hydrogens is 272 g/mol. The molecule has 0 saturated carbocycles. The normalized spacial score (nSPS) is 17.9. The van der Waals surface area contributed by atoms with Gasteiger partial charge in [-0.1, -0.05) is 0 Å². The molecule has 2 heterocycles. The Labute approximate surface area is 103 Å². The molecule has 0 aromatic carbocycles. The number of methoxy groups -OCH3 is 2. The molecule has 5 heteroatoms. The summed E-state index contributed by atoms with van der Waals surface area (Å²) in [7, 11) is 3.39. The van der Waals surface area contributed by atoms with Crippen LogP contribution >= 0.6 is 15.9 Å². The zero-order valence-electron chi connectivity index (χ0n) is 9.42. The van der Waals surface area contributed by atoms with Gasteiger partial charge in [-0.2, -0.15) is 0 Å². The molecular formula is C11H15BrN2O2. The van der Waals surface area contributed by atoms with Crippen molar-refractivity contribution in [2.24, 2.45) is 0 Å². The summed E-state index contributed by atoms with van der Waals surface area (Å²) in [6, 6.07) is 2.03. The van der Waals surface area contributed by atoms with Crippen LogP contribution in [0.4, 0.5) is 0 Å². The average molecular weight is 287 g/mol. The summed E-state index contributed by atoms with van der Waals surface area (Å²) in [6.45, 7) is 1.75. The number of aromatic nitrogens is 1. The average Bonchev–Trinajstić information content (AvgIpc) is 2.24. The summed E-state index contributed by atoms with van der Waals surface area (Å²) in [6.07, 6.45) is 2.55. The molecule has 0 spiro atoms. The fraction of sp³-hybridized carbons (Fsp3) is 0.545. The van der Waals surface area contributed by atoms with E-state index in [4.69, 9.17) is 9.47 Å². The Kier molecular flexibility index (Phi) is 3.47. The van der Waals surface area contributed by atoms with E-state index in [-0.39, 0.29) is 5.60 Å².